The second-order valence-corrected chi connectivity index (χ2v) is 4.59. The number of nitrogens with zero attached hydrogens (tertiary/aromatic N) is 1. The van der Waals surface area contributed by atoms with Gasteiger partial charge in [0.2, 0.25) is 0 Å². The van der Waals surface area contributed by atoms with Crippen molar-refractivity contribution in [2.24, 2.45) is 0 Å². The molecule has 2 aromatic carbocycles. The Morgan fingerprint density at radius 1 is 1.05 bits per heavy atom. The Hall–Kier alpha value is -2.51. The van der Waals surface area contributed by atoms with Crippen molar-refractivity contribution in [3.8, 4) is 17.6 Å². The van der Waals surface area contributed by atoms with Crippen LogP contribution in [0.15, 0.2) is 42.5 Å². The Morgan fingerprint density at radius 2 is 1.90 bits per heavy atom. The first-order chi connectivity index (χ1) is 10.3. The monoisotopic (exact) mass is 282 g/mol. The second-order valence-electron chi connectivity index (χ2n) is 4.59. The molecule has 0 saturated carbocycles. The molecule has 0 radical (unpaired) electrons. The molecular formula is C17H18N2O2. The predicted octanol–water partition coefficient (Wildman–Crippen LogP) is 2.87. The smallest absolute Gasteiger partial charge is 0.123 e. The summed E-state index contributed by atoms with van der Waals surface area (Å²) in [5.41, 5.74) is 2.79. The molecule has 4 nitrogen and oxygen atoms in total. The van der Waals surface area contributed by atoms with Crippen molar-refractivity contribution < 1.29 is 9.47 Å². The van der Waals surface area contributed by atoms with Gasteiger partial charge in [0.05, 0.1) is 25.9 Å². The average Bonchev–Trinajstić information content (AvgIpc) is 2.55. The minimum absolute atomic E-state index is 0.664. The summed E-state index contributed by atoms with van der Waals surface area (Å²) in [5.74, 6) is 1.63. The minimum atomic E-state index is 0.664. The lowest BCUT2D eigenvalue weighted by molar-refractivity contribution is 0.397. The first-order valence-corrected chi connectivity index (χ1v) is 6.67. The number of benzene rings is 2. The van der Waals surface area contributed by atoms with Gasteiger partial charge in [0, 0.05) is 18.7 Å². The summed E-state index contributed by atoms with van der Waals surface area (Å²) in [4.78, 5) is 0. The van der Waals surface area contributed by atoms with Gasteiger partial charge in [0.25, 0.3) is 0 Å². The van der Waals surface area contributed by atoms with E-state index in [0.717, 1.165) is 22.6 Å². The van der Waals surface area contributed by atoms with Crippen LogP contribution in [0.4, 0.5) is 0 Å². The van der Waals surface area contributed by atoms with Gasteiger partial charge in [-0.1, -0.05) is 12.1 Å². The Morgan fingerprint density at radius 3 is 2.62 bits per heavy atom. The molecule has 0 atom stereocenters. The maximum absolute atomic E-state index is 8.89. The largest absolute Gasteiger partial charge is 0.497 e. The van der Waals surface area contributed by atoms with Crippen LogP contribution in [0, 0.1) is 11.3 Å². The summed E-state index contributed by atoms with van der Waals surface area (Å²) in [6.45, 7) is 1.35. The summed E-state index contributed by atoms with van der Waals surface area (Å²) in [6.07, 6.45) is 0. The van der Waals surface area contributed by atoms with Crippen molar-refractivity contribution in [3.05, 3.63) is 59.2 Å². The van der Waals surface area contributed by atoms with Gasteiger partial charge in [0.15, 0.2) is 0 Å². The van der Waals surface area contributed by atoms with Gasteiger partial charge in [-0.15, -0.1) is 0 Å². The first kappa shape index (κ1) is 14.9. The van der Waals surface area contributed by atoms with Crippen molar-refractivity contribution in [3.63, 3.8) is 0 Å². The maximum Gasteiger partial charge on any atom is 0.123 e. The van der Waals surface area contributed by atoms with E-state index in [0.29, 0.717) is 18.7 Å². The van der Waals surface area contributed by atoms with Crippen LogP contribution < -0.4 is 14.8 Å². The lowest BCUT2D eigenvalue weighted by atomic mass is 10.1. The van der Waals surface area contributed by atoms with Crippen molar-refractivity contribution in [1.29, 1.82) is 5.26 Å². The molecule has 0 unspecified atom stereocenters. The van der Waals surface area contributed by atoms with Crippen LogP contribution in [0.1, 0.15) is 16.7 Å². The van der Waals surface area contributed by atoms with E-state index in [1.165, 1.54) is 0 Å². The van der Waals surface area contributed by atoms with Gasteiger partial charge in [0.1, 0.15) is 11.5 Å². The number of hydrogen-bond acceptors (Lipinski definition) is 4. The summed E-state index contributed by atoms with van der Waals surface area (Å²) in [7, 11) is 3.30. The molecule has 0 aliphatic heterocycles. The fourth-order valence-electron chi connectivity index (χ4n) is 2.11. The van der Waals surface area contributed by atoms with Crippen LogP contribution in [0.5, 0.6) is 11.5 Å². The number of rotatable bonds is 6. The molecule has 0 aromatic heterocycles. The Kier molecular flexibility index (Phi) is 5.19. The topological polar surface area (TPSA) is 54.3 Å². The average molecular weight is 282 g/mol. The molecule has 2 aromatic rings. The van der Waals surface area contributed by atoms with Crippen molar-refractivity contribution in [2.45, 2.75) is 13.1 Å². The van der Waals surface area contributed by atoms with E-state index in [1.54, 1.807) is 20.3 Å². The van der Waals surface area contributed by atoms with E-state index in [4.69, 9.17) is 14.7 Å². The van der Waals surface area contributed by atoms with Gasteiger partial charge in [-0.3, -0.25) is 0 Å². The molecule has 0 saturated heterocycles. The summed E-state index contributed by atoms with van der Waals surface area (Å²) < 4.78 is 10.6. The second kappa shape index (κ2) is 7.32. The van der Waals surface area contributed by atoms with Crippen molar-refractivity contribution >= 4 is 0 Å². The maximum atomic E-state index is 8.89. The van der Waals surface area contributed by atoms with Crippen LogP contribution >= 0.6 is 0 Å². The summed E-state index contributed by atoms with van der Waals surface area (Å²) in [6, 6.07) is 15.4. The van der Waals surface area contributed by atoms with Crippen molar-refractivity contribution in [1.82, 2.24) is 5.32 Å². The highest BCUT2D eigenvalue weighted by molar-refractivity contribution is 5.40. The van der Waals surface area contributed by atoms with Gasteiger partial charge < -0.3 is 14.8 Å². The van der Waals surface area contributed by atoms with Gasteiger partial charge in [-0.2, -0.15) is 5.26 Å². The quantitative estimate of drug-likeness (QED) is 0.885. The van der Waals surface area contributed by atoms with Crippen LogP contribution in [-0.4, -0.2) is 14.2 Å². The third-order valence-electron chi connectivity index (χ3n) is 3.19. The highest BCUT2D eigenvalue weighted by Gasteiger charge is 2.05. The molecular weight excluding hydrogens is 264 g/mol. The van der Waals surface area contributed by atoms with E-state index in [2.05, 4.69) is 11.4 Å². The molecule has 0 amide bonds. The zero-order valence-electron chi connectivity index (χ0n) is 12.2. The third kappa shape index (κ3) is 3.98. The number of ether oxygens (including phenoxy) is 2. The molecule has 0 fully saturated rings. The fourth-order valence-corrected chi connectivity index (χ4v) is 2.11. The normalized spacial score (nSPS) is 9.95. The lowest BCUT2D eigenvalue weighted by Gasteiger charge is -2.11. The van der Waals surface area contributed by atoms with E-state index in [-0.39, 0.29) is 0 Å². The molecule has 108 valence electrons. The van der Waals surface area contributed by atoms with E-state index >= 15 is 0 Å². The molecule has 2 rings (SSSR count). The molecule has 4 heteroatoms. The molecule has 0 heterocycles. The molecule has 0 bridgehead atoms. The fraction of sp³-hybridized carbons (Fsp3) is 0.235. The molecule has 0 aliphatic carbocycles. The zero-order valence-corrected chi connectivity index (χ0v) is 12.2. The van der Waals surface area contributed by atoms with Gasteiger partial charge in [-0.25, -0.2) is 0 Å². The molecule has 0 spiro atoms. The Labute approximate surface area is 124 Å². The molecule has 21 heavy (non-hydrogen) atoms. The third-order valence-corrected chi connectivity index (χ3v) is 3.19. The van der Waals surface area contributed by atoms with Gasteiger partial charge in [-0.05, 0) is 35.9 Å². The first-order valence-electron chi connectivity index (χ1n) is 6.67. The van der Waals surface area contributed by atoms with E-state index in [1.807, 2.05) is 36.4 Å². The minimum Gasteiger partial charge on any atom is -0.497 e. The number of hydrogen-bond donors (Lipinski definition) is 1. The van der Waals surface area contributed by atoms with E-state index in [9.17, 15) is 0 Å². The van der Waals surface area contributed by atoms with Crippen molar-refractivity contribution in [2.75, 3.05) is 14.2 Å². The Balaban J connectivity index is 2.01. The van der Waals surface area contributed by atoms with E-state index < -0.39 is 0 Å². The predicted molar refractivity (Wildman–Crippen MR) is 81.2 cm³/mol. The van der Waals surface area contributed by atoms with Crippen LogP contribution in [0.3, 0.4) is 0 Å². The van der Waals surface area contributed by atoms with Crippen LogP contribution in [0.25, 0.3) is 0 Å². The number of methoxy groups -OCH3 is 2. The highest BCUT2D eigenvalue weighted by atomic mass is 16.5. The van der Waals surface area contributed by atoms with Crippen LogP contribution in [0.2, 0.25) is 0 Å². The SMILES string of the molecule is COc1ccc(OC)c(CNCc2cccc(C#N)c2)c1. The van der Waals surface area contributed by atoms with Crippen LogP contribution in [-0.2, 0) is 13.1 Å². The standard InChI is InChI=1S/C17H18N2O2/c1-20-16-6-7-17(21-2)15(9-16)12-19-11-14-5-3-4-13(8-14)10-18/h3-9,19H,11-12H2,1-2H3. The zero-order chi connectivity index (χ0) is 15.1. The Bertz CT molecular complexity index is 647. The number of nitriles is 1. The summed E-state index contributed by atoms with van der Waals surface area (Å²) >= 11 is 0. The van der Waals surface area contributed by atoms with Gasteiger partial charge >= 0.3 is 0 Å². The summed E-state index contributed by atoms with van der Waals surface area (Å²) in [5, 5.41) is 12.2. The highest BCUT2D eigenvalue weighted by Crippen LogP contribution is 2.23. The lowest BCUT2D eigenvalue weighted by Crippen LogP contribution is -2.13. The molecule has 1 N–H and O–H groups in total. The number of nitrogens with one attached hydrogen (secondary N) is 1. The molecule has 0 aliphatic rings.